The van der Waals surface area contributed by atoms with Gasteiger partial charge in [-0.05, 0) is 55.5 Å². The second-order valence-electron chi connectivity index (χ2n) is 5.78. The van der Waals surface area contributed by atoms with Gasteiger partial charge in [0.2, 0.25) is 0 Å². The number of rotatable bonds is 4. The molecule has 2 heterocycles. The van der Waals surface area contributed by atoms with Crippen molar-refractivity contribution in [2.75, 3.05) is 5.32 Å². The predicted octanol–water partition coefficient (Wildman–Crippen LogP) is 4.09. The zero-order chi connectivity index (χ0) is 18.8. The van der Waals surface area contributed by atoms with Crippen LogP contribution in [0.15, 0.2) is 61.2 Å². The lowest BCUT2D eigenvalue weighted by Crippen LogP contribution is -2.11. The summed E-state index contributed by atoms with van der Waals surface area (Å²) in [6.07, 6.45) is 3.06. The number of carbonyl (C=O) groups excluding carboxylic acids is 1. The first kappa shape index (κ1) is 17.0. The van der Waals surface area contributed by atoms with Crippen LogP contribution in [0.25, 0.3) is 16.3 Å². The van der Waals surface area contributed by atoms with Gasteiger partial charge in [-0.15, -0.1) is 11.3 Å². The third-order valence-electron chi connectivity index (χ3n) is 3.90. The minimum atomic E-state index is -0.306. The molecule has 0 bridgehead atoms. The van der Waals surface area contributed by atoms with Gasteiger partial charge in [0.05, 0.1) is 11.4 Å². The first-order valence-corrected chi connectivity index (χ1v) is 8.91. The highest BCUT2D eigenvalue weighted by atomic mass is 32.1. The molecule has 1 N–H and O–H groups in total. The molecule has 0 atom stereocenters. The fourth-order valence-corrected chi connectivity index (χ4v) is 3.52. The van der Waals surface area contributed by atoms with Crippen LogP contribution < -0.4 is 5.32 Å². The van der Waals surface area contributed by atoms with Gasteiger partial charge < -0.3 is 5.32 Å². The van der Waals surface area contributed by atoms with Crippen molar-refractivity contribution >= 4 is 22.9 Å². The molecule has 27 heavy (non-hydrogen) atoms. The molecule has 0 aliphatic carbocycles. The van der Waals surface area contributed by atoms with E-state index in [-0.39, 0.29) is 11.7 Å². The molecule has 0 fully saturated rings. The van der Waals surface area contributed by atoms with E-state index in [4.69, 9.17) is 0 Å². The van der Waals surface area contributed by atoms with Gasteiger partial charge in [-0.2, -0.15) is 5.10 Å². The van der Waals surface area contributed by atoms with E-state index in [0.717, 1.165) is 11.3 Å². The first-order chi connectivity index (χ1) is 13.1. The van der Waals surface area contributed by atoms with Crippen molar-refractivity contribution in [2.45, 2.75) is 6.92 Å². The Morgan fingerprint density at radius 1 is 1.11 bits per heavy atom. The Morgan fingerprint density at radius 3 is 2.52 bits per heavy atom. The summed E-state index contributed by atoms with van der Waals surface area (Å²) in [6.45, 7) is 1.78. The van der Waals surface area contributed by atoms with E-state index in [2.05, 4.69) is 20.4 Å². The molecule has 0 radical (unpaired) electrons. The van der Waals surface area contributed by atoms with E-state index in [1.165, 1.54) is 29.8 Å². The Hall–Kier alpha value is -3.39. The Morgan fingerprint density at radius 2 is 1.85 bits per heavy atom. The molecule has 6 nitrogen and oxygen atoms in total. The summed E-state index contributed by atoms with van der Waals surface area (Å²) < 4.78 is 14.7. The van der Waals surface area contributed by atoms with Gasteiger partial charge >= 0.3 is 0 Å². The third-order valence-corrected chi connectivity index (χ3v) is 5.11. The Bertz CT molecular complexity index is 1070. The number of carbonyl (C=O) groups is 1. The van der Waals surface area contributed by atoms with Crippen molar-refractivity contribution in [3.8, 4) is 16.3 Å². The minimum absolute atomic E-state index is 0.230. The molecule has 0 aliphatic heterocycles. The van der Waals surface area contributed by atoms with E-state index in [1.54, 1.807) is 42.2 Å². The summed E-state index contributed by atoms with van der Waals surface area (Å²) >= 11 is 1.28. The summed E-state index contributed by atoms with van der Waals surface area (Å²) in [4.78, 5) is 21.5. The number of anilines is 1. The van der Waals surface area contributed by atoms with Crippen molar-refractivity contribution in [1.82, 2.24) is 19.7 Å². The highest BCUT2D eigenvalue weighted by molar-refractivity contribution is 7.17. The number of nitrogens with zero attached hydrogens (tertiary/aromatic N) is 4. The standard InChI is InChI=1S/C19H14FN5OS/c1-12-17(27-19(23-12)13-2-4-14(20)5-3-13)18(26)24-15-6-8-16(9-7-15)25-11-21-10-22-25/h2-11H,1H3,(H,24,26). The lowest BCUT2D eigenvalue weighted by Gasteiger charge is -2.05. The molecule has 134 valence electrons. The number of nitrogens with one attached hydrogen (secondary N) is 1. The van der Waals surface area contributed by atoms with Gasteiger partial charge in [-0.1, -0.05) is 0 Å². The average molecular weight is 379 g/mol. The zero-order valence-corrected chi connectivity index (χ0v) is 15.1. The molecule has 0 aliphatic rings. The number of hydrogen-bond donors (Lipinski definition) is 1. The Labute approximate surface area is 158 Å². The maximum atomic E-state index is 13.1. The van der Waals surface area contributed by atoms with Crippen LogP contribution in [0.4, 0.5) is 10.1 Å². The molecular weight excluding hydrogens is 365 g/mol. The molecule has 8 heteroatoms. The van der Waals surface area contributed by atoms with Gasteiger partial charge in [-0.3, -0.25) is 4.79 Å². The summed E-state index contributed by atoms with van der Waals surface area (Å²) in [5.41, 5.74) is 2.93. The number of halogens is 1. The van der Waals surface area contributed by atoms with Crippen molar-refractivity contribution in [1.29, 1.82) is 0 Å². The average Bonchev–Trinajstić information content (AvgIpc) is 3.33. The van der Waals surface area contributed by atoms with Crippen molar-refractivity contribution in [3.63, 3.8) is 0 Å². The number of benzene rings is 2. The molecule has 4 rings (SSSR count). The molecular formula is C19H14FN5OS. The van der Waals surface area contributed by atoms with Gasteiger partial charge in [0.1, 0.15) is 28.4 Å². The molecule has 2 aromatic heterocycles. The lowest BCUT2D eigenvalue weighted by molar-refractivity contribution is 0.103. The SMILES string of the molecule is Cc1nc(-c2ccc(F)cc2)sc1C(=O)Nc1ccc(-n2cncn2)cc1. The molecule has 0 saturated carbocycles. The summed E-state index contributed by atoms with van der Waals surface area (Å²) in [6, 6.07) is 13.3. The van der Waals surface area contributed by atoms with Crippen LogP contribution in [0.5, 0.6) is 0 Å². The van der Waals surface area contributed by atoms with Crippen molar-refractivity contribution in [2.24, 2.45) is 0 Å². The number of aryl methyl sites for hydroxylation is 1. The van der Waals surface area contributed by atoms with Crippen LogP contribution in [0, 0.1) is 12.7 Å². The Balaban J connectivity index is 1.52. The maximum Gasteiger partial charge on any atom is 0.267 e. The van der Waals surface area contributed by atoms with Gasteiger partial charge in [0.15, 0.2) is 0 Å². The third kappa shape index (κ3) is 3.61. The number of aromatic nitrogens is 4. The molecule has 4 aromatic rings. The maximum absolute atomic E-state index is 13.1. The minimum Gasteiger partial charge on any atom is -0.321 e. The van der Waals surface area contributed by atoms with Crippen molar-refractivity contribution < 1.29 is 9.18 Å². The van der Waals surface area contributed by atoms with Gasteiger partial charge in [0, 0.05) is 11.3 Å². The van der Waals surface area contributed by atoms with Crippen LogP contribution in [0.1, 0.15) is 15.4 Å². The largest absolute Gasteiger partial charge is 0.321 e. The van der Waals surface area contributed by atoms with Crippen molar-refractivity contribution in [3.05, 3.63) is 77.6 Å². The summed E-state index contributed by atoms with van der Waals surface area (Å²) in [5.74, 6) is -0.536. The monoisotopic (exact) mass is 379 g/mol. The van der Waals surface area contributed by atoms with Crippen LogP contribution in [-0.2, 0) is 0 Å². The highest BCUT2D eigenvalue weighted by Gasteiger charge is 2.16. The summed E-state index contributed by atoms with van der Waals surface area (Å²) in [7, 11) is 0. The Kier molecular flexibility index (Phi) is 4.47. The van der Waals surface area contributed by atoms with E-state index in [1.807, 2.05) is 12.1 Å². The second-order valence-corrected chi connectivity index (χ2v) is 6.78. The van der Waals surface area contributed by atoms with Crippen LogP contribution >= 0.6 is 11.3 Å². The fraction of sp³-hybridized carbons (Fsp3) is 0.0526. The molecule has 1 amide bonds. The van der Waals surface area contributed by atoms with E-state index >= 15 is 0 Å². The van der Waals surface area contributed by atoms with Crippen LogP contribution in [-0.4, -0.2) is 25.7 Å². The molecule has 0 spiro atoms. The quantitative estimate of drug-likeness (QED) is 0.580. The van der Waals surface area contributed by atoms with E-state index < -0.39 is 0 Å². The van der Waals surface area contributed by atoms with Gasteiger partial charge in [0.25, 0.3) is 5.91 Å². The predicted molar refractivity (Wildman–Crippen MR) is 102 cm³/mol. The molecule has 0 saturated heterocycles. The fourth-order valence-electron chi connectivity index (χ4n) is 2.55. The number of amides is 1. The number of hydrogen-bond acceptors (Lipinski definition) is 5. The van der Waals surface area contributed by atoms with Gasteiger partial charge in [-0.25, -0.2) is 19.0 Å². The van der Waals surface area contributed by atoms with Crippen LogP contribution in [0.3, 0.4) is 0 Å². The second kappa shape index (κ2) is 7.08. The smallest absolute Gasteiger partial charge is 0.267 e. The highest BCUT2D eigenvalue weighted by Crippen LogP contribution is 2.28. The first-order valence-electron chi connectivity index (χ1n) is 8.10. The molecule has 2 aromatic carbocycles. The van der Waals surface area contributed by atoms with Crippen LogP contribution in [0.2, 0.25) is 0 Å². The lowest BCUT2D eigenvalue weighted by atomic mass is 10.2. The van der Waals surface area contributed by atoms with E-state index in [0.29, 0.717) is 21.3 Å². The zero-order valence-electron chi connectivity index (χ0n) is 14.3. The normalized spacial score (nSPS) is 10.7. The van der Waals surface area contributed by atoms with E-state index in [9.17, 15) is 9.18 Å². The molecule has 0 unspecified atom stereocenters. The topological polar surface area (TPSA) is 72.7 Å². The summed E-state index contributed by atoms with van der Waals surface area (Å²) in [5, 5.41) is 7.61. The number of thiazole rings is 1.